The molecule has 15 nitrogen and oxygen atoms in total. The van der Waals surface area contributed by atoms with Gasteiger partial charge in [-0.3, -0.25) is 19.4 Å². The number of hydrogen-bond acceptors (Lipinski definition) is 9. The normalized spacial score (nSPS) is 15.4. The van der Waals surface area contributed by atoms with Gasteiger partial charge in [-0.05, 0) is 70.8 Å². The molecule has 328 valence electrons. The Labute approximate surface area is 366 Å². The van der Waals surface area contributed by atoms with Crippen molar-refractivity contribution in [1.82, 2.24) is 25.2 Å². The maximum atomic E-state index is 14.9. The van der Waals surface area contributed by atoms with E-state index in [1.165, 1.54) is 35.8 Å². The number of alkyl halides is 1. The van der Waals surface area contributed by atoms with Gasteiger partial charge in [0.15, 0.2) is 5.95 Å². The average molecular weight is 882 g/mol. The molecule has 18 heteroatoms. The van der Waals surface area contributed by atoms with Gasteiger partial charge in [-0.25, -0.2) is 23.4 Å². The number of hydrogen-bond donors (Lipinski definition) is 5. The molecule has 2 aliphatic rings. The van der Waals surface area contributed by atoms with Crippen LogP contribution in [0, 0.1) is 11.6 Å². The standard InChI is InChI=1S/C22H22FN5O3.C19H18ClFN2O3.C4H6N2/c1-14(29)26-11-18-13-28(22(30)31-18)17-6-7-19(20(23)10-17)16-4-2-15(3-5-16)12-27-9-8-25-21(27)24;1-12(24)22-10-16-11-23(19(25)26-16)15-6-7-17(18(21)8-15)14-4-2-13(9-20)3-5-14;5-4-2-1-3-6-4/h2-10,18H,11-13H2,1H3,(H2,24,25)(H,26,29);2-8,16H,9-11H2,1H3,(H,22,24);1-3,6H,5H2/t18-;16-;/m00./s1. The third kappa shape index (κ3) is 12.1. The minimum atomic E-state index is -0.564. The van der Waals surface area contributed by atoms with E-state index in [1.54, 1.807) is 48.9 Å². The van der Waals surface area contributed by atoms with Gasteiger partial charge in [-0.15, -0.1) is 11.6 Å². The van der Waals surface area contributed by atoms with Crippen molar-refractivity contribution in [3.05, 3.63) is 138 Å². The highest BCUT2D eigenvalue weighted by Gasteiger charge is 2.34. The first-order valence-electron chi connectivity index (χ1n) is 19.7. The summed E-state index contributed by atoms with van der Waals surface area (Å²) in [5.41, 5.74) is 16.1. The fourth-order valence-corrected chi connectivity index (χ4v) is 6.76. The van der Waals surface area contributed by atoms with E-state index in [0.29, 0.717) is 40.9 Å². The van der Waals surface area contributed by atoms with Crippen LogP contribution in [-0.4, -0.2) is 76.9 Å². The molecule has 0 saturated carbocycles. The molecule has 0 spiro atoms. The Balaban J connectivity index is 0.000000187. The molecule has 2 fully saturated rings. The van der Waals surface area contributed by atoms with Crippen molar-refractivity contribution in [2.45, 2.75) is 38.5 Å². The summed E-state index contributed by atoms with van der Waals surface area (Å²) in [6, 6.07) is 27.7. The highest BCUT2D eigenvalue weighted by atomic mass is 35.5. The summed E-state index contributed by atoms with van der Waals surface area (Å²) in [4.78, 5) is 55.7. The second-order valence-corrected chi connectivity index (χ2v) is 14.8. The number of carbonyl (C=O) groups excluding carboxylic acids is 4. The Hall–Kier alpha value is -7.40. The quantitative estimate of drug-likeness (QED) is 0.0844. The second kappa shape index (κ2) is 20.9. The first kappa shape index (κ1) is 45.1. The number of aromatic amines is 1. The van der Waals surface area contributed by atoms with Crippen LogP contribution in [0.5, 0.6) is 0 Å². The number of rotatable bonds is 11. The molecule has 63 heavy (non-hydrogen) atoms. The van der Waals surface area contributed by atoms with Crippen molar-refractivity contribution in [3.63, 3.8) is 0 Å². The lowest BCUT2D eigenvalue weighted by molar-refractivity contribution is -0.120. The lowest BCUT2D eigenvalue weighted by atomic mass is 10.0. The number of ether oxygens (including phenoxy) is 2. The molecule has 0 bridgehead atoms. The summed E-state index contributed by atoms with van der Waals surface area (Å²) in [6.45, 7) is 4.29. The fourth-order valence-electron chi connectivity index (χ4n) is 6.58. The van der Waals surface area contributed by atoms with E-state index >= 15 is 0 Å². The van der Waals surface area contributed by atoms with E-state index in [2.05, 4.69) is 20.6 Å². The van der Waals surface area contributed by atoms with Gasteiger partial charge >= 0.3 is 12.2 Å². The maximum Gasteiger partial charge on any atom is 0.414 e. The molecule has 2 aliphatic heterocycles. The van der Waals surface area contributed by atoms with Crippen molar-refractivity contribution >= 4 is 58.7 Å². The van der Waals surface area contributed by atoms with Crippen molar-refractivity contribution in [2.75, 3.05) is 47.4 Å². The van der Waals surface area contributed by atoms with Gasteiger partial charge in [-0.1, -0.05) is 48.5 Å². The van der Waals surface area contributed by atoms with Crippen molar-refractivity contribution in [2.24, 2.45) is 0 Å². The van der Waals surface area contributed by atoms with Gasteiger partial charge in [0.2, 0.25) is 11.8 Å². The van der Waals surface area contributed by atoms with Gasteiger partial charge < -0.3 is 41.1 Å². The molecule has 6 aromatic rings. The first-order valence-corrected chi connectivity index (χ1v) is 20.3. The number of H-pyrrole nitrogens is 1. The summed E-state index contributed by atoms with van der Waals surface area (Å²) < 4.78 is 41.7. The third-order valence-electron chi connectivity index (χ3n) is 9.84. The Bertz CT molecular complexity index is 2520. The molecule has 2 aromatic heterocycles. The van der Waals surface area contributed by atoms with Gasteiger partial charge in [-0.2, -0.15) is 0 Å². The summed E-state index contributed by atoms with van der Waals surface area (Å²) in [5, 5.41) is 5.22. The highest BCUT2D eigenvalue weighted by molar-refractivity contribution is 6.17. The summed E-state index contributed by atoms with van der Waals surface area (Å²) in [7, 11) is 0. The van der Waals surface area contributed by atoms with Crippen LogP contribution < -0.4 is 31.9 Å². The molecule has 7 N–H and O–H groups in total. The van der Waals surface area contributed by atoms with E-state index in [4.69, 9.17) is 32.5 Å². The molecule has 0 aliphatic carbocycles. The molecule has 2 atom stereocenters. The van der Waals surface area contributed by atoms with Crippen LogP contribution in [0.2, 0.25) is 0 Å². The number of amides is 4. The first-order chi connectivity index (χ1) is 30.3. The molecular weight excluding hydrogens is 836 g/mol. The van der Waals surface area contributed by atoms with Crippen LogP contribution in [0.4, 0.5) is 41.5 Å². The minimum Gasteiger partial charge on any atom is -0.442 e. The molecule has 2 saturated heterocycles. The van der Waals surface area contributed by atoms with Gasteiger partial charge in [0.1, 0.15) is 29.7 Å². The van der Waals surface area contributed by atoms with Crippen LogP contribution in [0.25, 0.3) is 22.3 Å². The number of nitrogens with one attached hydrogen (secondary N) is 3. The predicted octanol–water partition coefficient (Wildman–Crippen LogP) is 7.07. The van der Waals surface area contributed by atoms with E-state index in [-0.39, 0.29) is 38.0 Å². The topological polar surface area (TPSA) is 203 Å². The number of cyclic esters (lactones) is 2. The molecule has 8 rings (SSSR count). The zero-order valence-corrected chi connectivity index (χ0v) is 35.1. The van der Waals surface area contributed by atoms with E-state index < -0.39 is 36.0 Å². The largest absolute Gasteiger partial charge is 0.442 e. The molecular formula is C45H46ClF2N9O6. The van der Waals surface area contributed by atoms with E-state index in [9.17, 15) is 28.0 Å². The fraction of sp³-hybridized carbons (Fsp3) is 0.222. The average Bonchev–Trinajstić information content (AvgIpc) is 4.09. The van der Waals surface area contributed by atoms with Crippen LogP contribution >= 0.6 is 11.6 Å². The number of halogens is 3. The number of nitrogens with zero attached hydrogens (tertiary/aromatic N) is 4. The van der Waals surface area contributed by atoms with Gasteiger partial charge in [0.25, 0.3) is 0 Å². The summed E-state index contributed by atoms with van der Waals surface area (Å²) in [5.74, 6) is 0.278. The predicted molar refractivity (Wildman–Crippen MR) is 237 cm³/mol. The Kier molecular flexibility index (Phi) is 15.0. The lowest BCUT2D eigenvalue weighted by Crippen LogP contribution is -2.33. The van der Waals surface area contributed by atoms with Crippen LogP contribution in [0.15, 0.2) is 116 Å². The van der Waals surface area contributed by atoms with Crippen LogP contribution in [0.3, 0.4) is 0 Å². The maximum absolute atomic E-state index is 14.9. The summed E-state index contributed by atoms with van der Waals surface area (Å²) >= 11 is 5.77. The number of nitrogens with two attached hydrogens (primary N) is 2. The van der Waals surface area contributed by atoms with Crippen molar-refractivity contribution in [3.8, 4) is 22.3 Å². The molecule has 4 amide bonds. The number of nitrogen functional groups attached to an aromatic ring is 2. The van der Waals surface area contributed by atoms with Crippen molar-refractivity contribution in [1.29, 1.82) is 0 Å². The number of carbonyl (C=O) groups is 4. The third-order valence-corrected chi connectivity index (χ3v) is 10.1. The Morgan fingerprint density at radius 3 is 1.62 bits per heavy atom. The lowest BCUT2D eigenvalue weighted by Gasteiger charge is -2.15. The molecule has 4 aromatic carbocycles. The van der Waals surface area contributed by atoms with Crippen LogP contribution in [-0.2, 0) is 31.5 Å². The zero-order valence-electron chi connectivity index (χ0n) is 34.4. The van der Waals surface area contributed by atoms with E-state index in [0.717, 1.165) is 28.1 Å². The highest BCUT2D eigenvalue weighted by Crippen LogP contribution is 2.31. The monoisotopic (exact) mass is 881 g/mol. The zero-order chi connectivity index (χ0) is 45.0. The van der Waals surface area contributed by atoms with Crippen molar-refractivity contribution < 1.29 is 37.4 Å². The van der Waals surface area contributed by atoms with Gasteiger partial charge in [0.05, 0.1) is 44.1 Å². The smallest absolute Gasteiger partial charge is 0.414 e. The molecule has 0 radical (unpaired) electrons. The minimum absolute atomic E-state index is 0.199. The van der Waals surface area contributed by atoms with Gasteiger partial charge in [0, 0.05) is 49.4 Å². The number of imidazole rings is 1. The van der Waals surface area contributed by atoms with E-state index in [1.807, 2.05) is 59.2 Å². The molecule has 4 heterocycles. The van der Waals surface area contributed by atoms with Crippen LogP contribution in [0.1, 0.15) is 25.0 Å². The summed E-state index contributed by atoms with van der Waals surface area (Å²) in [6.07, 6.45) is 3.16. The SMILES string of the molecule is CC(=O)NC[C@H]1CN(c2ccc(-c3ccc(CCl)cc3)c(F)c2)C(=O)O1.CC(=O)NC[C@H]1CN(c2ccc(-c3ccc(Cn4ccnc4N)cc3)c(F)c2)C(=O)O1.Nc1ccc[nH]1. The Morgan fingerprint density at radius 2 is 1.25 bits per heavy atom. The number of benzene rings is 4. The second-order valence-electron chi connectivity index (χ2n) is 14.5. The molecule has 0 unspecified atom stereocenters. The Morgan fingerprint density at radius 1 is 0.762 bits per heavy atom. The number of aromatic nitrogens is 3. The number of anilines is 4.